The molecule has 1 saturated carbocycles. The minimum atomic E-state index is -0.0824. The van der Waals surface area contributed by atoms with Gasteiger partial charge in [0.05, 0.1) is 18.6 Å². The smallest absolute Gasteiger partial charge is 0.252 e. The third-order valence-corrected chi connectivity index (χ3v) is 7.00. The van der Waals surface area contributed by atoms with Gasteiger partial charge in [-0.25, -0.2) is 4.68 Å². The normalized spacial score (nSPS) is 15.8. The first-order valence-corrected chi connectivity index (χ1v) is 12.2. The molecule has 35 heavy (non-hydrogen) atoms. The van der Waals surface area contributed by atoms with Crippen LogP contribution < -0.4 is 15.0 Å². The van der Waals surface area contributed by atoms with Crippen molar-refractivity contribution in [3.63, 3.8) is 0 Å². The van der Waals surface area contributed by atoms with E-state index >= 15 is 0 Å². The van der Waals surface area contributed by atoms with Crippen LogP contribution in [0.3, 0.4) is 0 Å². The van der Waals surface area contributed by atoms with Crippen molar-refractivity contribution >= 4 is 10.9 Å². The Labute approximate surface area is 202 Å². The maximum absolute atomic E-state index is 13.1. The summed E-state index contributed by atoms with van der Waals surface area (Å²) in [5.41, 5.74) is 2.54. The number of fused-ring (bicyclic) bond motifs is 2. The van der Waals surface area contributed by atoms with Crippen LogP contribution in [0.1, 0.15) is 49.1 Å². The fourth-order valence-electron chi connectivity index (χ4n) is 5.14. The van der Waals surface area contributed by atoms with Crippen molar-refractivity contribution in [3.8, 4) is 11.5 Å². The van der Waals surface area contributed by atoms with Gasteiger partial charge in [-0.05, 0) is 41.0 Å². The molecule has 2 aromatic heterocycles. The molecule has 1 N–H and O–H groups in total. The van der Waals surface area contributed by atoms with E-state index in [9.17, 15) is 4.79 Å². The molecule has 1 aliphatic heterocycles. The van der Waals surface area contributed by atoms with E-state index in [0.29, 0.717) is 37.2 Å². The van der Waals surface area contributed by atoms with Crippen molar-refractivity contribution in [1.29, 1.82) is 0 Å². The zero-order valence-corrected chi connectivity index (χ0v) is 19.5. The summed E-state index contributed by atoms with van der Waals surface area (Å²) < 4.78 is 12.9. The van der Waals surface area contributed by atoms with Crippen molar-refractivity contribution in [2.45, 2.75) is 57.8 Å². The summed E-state index contributed by atoms with van der Waals surface area (Å²) in [7, 11) is 0. The van der Waals surface area contributed by atoms with Gasteiger partial charge in [-0.1, -0.05) is 49.6 Å². The summed E-state index contributed by atoms with van der Waals surface area (Å²) in [6.45, 7) is 1.94. The lowest BCUT2D eigenvalue weighted by atomic mass is 9.93. The Bertz CT molecular complexity index is 1380. The Morgan fingerprint density at radius 1 is 1.00 bits per heavy atom. The van der Waals surface area contributed by atoms with Gasteiger partial charge < -0.3 is 14.5 Å². The second-order valence-electron chi connectivity index (χ2n) is 9.35. The molecule has 9 nitrogen and oxygen atoms in total. The summed E-state index contributed by atoms with van der Waals surface area (Å²) >= 11 is 0. The van der Waals surface area contributed by atoms with Gasteiger partial charge in [0.1, 0.15) is 0 Å². The van der Waals surface area contributed by atoms with Crippen LogP contribution in [-0.2, 0) is 19.6 Å². The molecule has 4 aromatic rings. The first kappa shape index (κ1) is 21.8. The van der Waals surface area contributed by atoms with Crippen LogP contribution in [0.4, 0.5) is 0 Å². The van der Waals surface area contributed by atoms with Gasteiger partial charge >= 0.3 is 0 Å². The summed E-state index contributed by atoms with van der Waals surface area (Å²) in [4.78, 5) is 18.5. The Morgan fingerprint density at radius 3 is 2.63 bits per heavy atom. The highest BCUT2D eigenvalue weighted by atomic mass is 16.7. The molecule has 0 bridgehead atoms. The van der Waals surface area contributed by atoms with E-state index in [1.165, 1.54) is 19.3 Å². The van der Waals surface area contributed by atoms with Crippen molar-refractivity contribution in [2.24, 2.45) is 0 Å². The van der Waals surface area contributed by atoms with Crippen LogP contribution in [0, 0.1) is 0 Å². The zero-order valence-electron chi connectivity index (χ0n) is 19.5. The number of ether oxygens (including phenoxy) is 2. The maximum atomic E-state index is 13.1. The molecule has 2 aliphatic rings. The molecule has 0 atom stereocenters. The predicted molar refractivity (Wildman–Crippen MR) is 130 cm³/mol. The van der Waals surface area contributed by atoms with Crippen molar-refractivity contribution in [1.82, 2.24) is 30.1 Å². The van der Waals surface area contributed by atoms with Crippen LogP contribution >= 0.6 is 0 Å². The summed E-state index contributed by atoms with van der Waals surface area (Å²) in [6.07, 6.45) is 5.90. The Morgan fingerprint density at radius 2 is 1.80 bits per heavy atom. The molecule has 3 heterocycles. The number of hydrogen-bond acceptors (Lipinski definition) is 7. The quantitative estimate of drug-likeness (QED) is 0.439. The van der Waals surface area contributed by atoms with Gasteiger partial charge in [-0.2, -0.15) is 0 Å². The van der Waals surface area contributed by atoms with Crippen LogP contribution in [-0.4, -0.2) is 42.9 Å². The largest absolute Gasteiger partial charge is 0.454 e. The molecule has 1 fully saturated rings. The maximum Gasteiger partial charge on any atom is 0.252 e. The number of benzene rings is 2. The highest BCUT2D eigenvalue weighted by molar-refractivity contribution is 5.83. The number of pyridine rings is 1. The molecule has 0 amide bonds. The first-order chi connectivity index (χ1) is 17.2. The summed E-state index contributed by atoms with van der Waals surface area (Å²) in [6, 6.07) is 16.3. The highest BCUT2D eigenvalue weighted by Gasteiger charge is 2.25. The molecular formula is C26H28N6O3. The minimum absolute atomic E-state index is 0.0824. The van der Waals surface area contributed by atoms with E-state index in [-0.39, 0.29) is 12.4 Å². The zero-order chi connectivity index (χ0) is 23.6. The van der Waals surface area contributed by atoms with Crippen molar-refractivity contribution in [2.75, 3.05) is 6.79 Å². The van der Waals surface area contributed by atoms with E-state index in [0.717, 1.165) is 40.7 Å². The van der Waals surface area contributed by atoms with Gasteiger partial charge in [-0.15, -0.1) is 5.10 Å². The number of nitrogens with one attached hydrogen (secondary N) is 1. The summed E-state index contributed by atoms with van der Waals surface area (Å²) in [5.74, 6) is 2.18. The average Bonchev–Trinajstić information content (AvgIpc) is 3.53. The average molecular weight is 473 g/mol. The number of H-pyrrole nitrogens is 1. The topological polar surface area (TPSA) is 98.2 Å². The van der Waals surface area contributed by atoms with E-state index in [1.54, 1.807) is 0 Å². The second kappa shape index (κ2) is 9.50. The third kappa shape index (κ3) is 4.64. The molecule has 0 unspecified atom stereocenters. The number of rotatable bonds is 7. The number of aromatic nitrogens is 5. The van der Waals surface area contributed by atoms with Crippen LogP contribution in [0.15, 0.2) is 53.3 Å². The molecule has 0 radical (unpaired) electrons. The number of aromatic amines is 1. The van der Waals surface area contributed by atoms with Gasteiger partial charge in [0, 0.05) is 29.6 Å². The number of hydrogen-bond donors (Lipinski definition) is 1. The molecule has 6 rings (SSSR count). The van der Waals surface area contributed by atoms with E-state index < -0.39 is 0 Å². The molecular weight excluding hydrogens is 444 g/mol. The van der Waals surface area contributed by atoms with Crippen molar-refractivity contribution < 1.29 is 9.47 Å². The van der Waals surface area contributed by atoms with Crippen molar-refractivity contribution in [3.05, 3.63) is 75.8 Å². The minimum Gasteiger partial charge on any atom is -0.454 e. The lowest BCUT2D eigenvalue weighted by molar-refractivity contribution is 0.134. The van der Waals surface area contributed by atoms with Gasteiger partial charge in [0.15, 0.2) is 17.3 Å². The lowest BCUT2D eigenvalue weighted by Gasteiger charge is -2.33. The first-order valence-electron chi connectivity index (χ1n) is 12.2. The molecule has 180 valence electrons. The molecule has 0 spiro atoms. The predicted octanol–water partition coefficient (Wildman–Crippen LogP) is 3.63. The second-order valence-corrected chi connectivity index (χ2v) is 9.35. The molecule has 0 saturated heterocycles. The Balaban J connectivity index is 1.29. The third-order valence-electron chi connectivity index (χ3n) is 7.00. The number of nitrogens with zero attached hydrogens (tertiary/aromatic N) is 5. The Hall–Kier alpha value is -3.72. The van der Waals surface area contributed by atoms with Gasteiger partial charge in [0.25, 0.3) is 5.56 Å². The van der Waals surface area contributed by atoms with Crippen LogP contribution in [0.5, 0.6) is 11.5 Å². The highest BCUT2D eigenvalue weighted by Crippen LogP contribution is 2.35. The van der Waals surface area contributed by atoms with Gasteiger partial charge in [0.2, 0.25) is 6.79 Å². The van der Waals surface area contributed by atoms with E-state index in [2.05, 4.69) is 37.5 Å². The standard InChI is InChI=1S/C26H28N6O3/c33-26-20(11-19-12-23-24(35-17-34-23)13-22(19)27-26)15-31(21-9-5-2-6-10-21)16-25-28-29-30-32(25)14-18-7-3-1-4-8-18/h1,3-4,7-8,11-13,21H,2,5-6,9-10,14-17H2,(H,27,33). The van der Waals surface area contributed by atoms with Crippen LogP contribution in [0.25, 0.3) is 10.9 Å². The SMILES string of the molecule is O=c1[nH]c2cc3c(cc2cc1CN(Cc1nnnn1Cc1ccccc1)C1CCCCC1)OCO3. The number of tetrazole rings is 1. The van der Waals surface area contributed by atoms with Gasteiger partial charge in [-0.3, -0.25) is 9.69 Å². The molecule has 1 aliphatic carbocycles. The monoisotopic (exact) mass is 472 g/mol. The molecule has 9 heteroatoms. The lowest BCUT2D eigenvalue weighted by Crippen LogP contribution is -2.38. The fraction of sp³-hybridized carbons (Fsp3) is 0.385. The molecule has 2 aromatic carbocycles. The Kier molecular flexibility index (Phi) is 5.91. The van der Waals surface area contributed by atoms with E-state index in [4.69, 9.17) is 9.47 Å². The van der Waals surface area contributed by atoms with E-state index in [1.807, 2.05) is 41.1 Å². The fourth-order valence-corrected chi connectivity index (χ4v) is 5.14. The van der Waals surface area contributed by atoms with Crippen LogP contribution in [0.2, 0.25) is 0 Å². The summed E-state index contributed by atoms with van der Waals surface area (Å²) in [5, 5.41) is 13.5.